The van der Waals surface area contributed by atoms with Crippen LogP contribution >= 0.6 is 11.6 Å². The first-order valence-corrected chi connectivity index (χ1v) is 7.93. The highest BCUT2D eigenvalue weighted by molar-refractivity contribution is 6.31. The van der Waals surface area contributed by atoms with E-state index < -0.39 is 6.10 Å². The maximum atomic E-state index is 10.4. The van der Waals surface area contributed by atoms with Crippen molar-refractivity contribution in [2.24, 2.45) is 0 Å². The van der Waals surface area contributed by atoms with Gasteiger partial charge in [-0.25, -0.2) is 0 Å². The maximum absolute atomic E-state index is 10.4. The van der Waals surface area contributed by atoms with Crippen molar-refractivity contribution in [2.75, 3.05) is 11.9 Å². The predicted molar refractivity (Wildman–Crippen MR) is 96.1 cm³/mol. The Morgan fingerprint density at radius 3 is 2.88 bits per heavy atom. The molecule has 0 amide bonds. The molecule has 5 heteroatoms. The zero-order valence-corrected chi connectivity index (χ0v) is 13.9. The van der Waals surface area contributed by atoms with Crippen molar-refractivity contribution >= 4 is 28.2 Å². The molecule has 0 aliphatic rings. The Hall–Kier alpha value is -2.61. The first-order valence-electron chi connectivity index (χ1n) is 7.55. The Kier molecular flexibility index (Phi) is 4.66. The van der Waals surface area contributed by atoms with E-state index in [2.05, 4.69) is 16.4 Å². The van der Waals surface area contributed by atoms with Crippen molar-refractivity contribution in [1.82, 2.24) is 4.98 Å². The zero-order chi connectivity index (χ0) is 17.1. The molecule has 0 spiro atoms. The molecule has 3 rings (SSSR count). The molecule has 0 bridgehead atoms. The summed E-state index contributed by atoms with van der Waals surface area (Å²) in [4.78, 5) is 4.27. The molecule has 1 atom stereocenters. The minimum atomic E-state index is -0.682. The Bertz CT molecular complexity index is 934. The van der Waals surface area contributed by atoms with Crippen LogP contribution in [-0.4, -0.2) is 16.6 Å². The quantitative estimate of drug-likeness (QED) is 0.748. The molecule has 24 heavy (non-hydrogen) atoms. The van der Waals surface area contributed by atoms with Crippen LogP contribution in [0.4, 0.5) is 5.69 Å². The maximum Gasteiger partial charge on any atom is 0.103 e. The molecule has 2 N–H and O–H groups in total. The standard InChI is InChI=1S/C19H16ClN3O/c1-12-3-2-4-13(7-12)18(24)11-23-19-14(9-21)10-22-17-6-5-15(20)8-16(17)19/h2-8,10,18,24H,11H2,1H3,(H,22,23). The number of hydrogen-bond acceptors (Lipinski definition) is 4. The van der Waals surface area contributed by atoms with Gasteiger partial charge in [-0.3, -0.25) is 4.98 Å². The molecule has 0 aliphatic heterocycles. The molecule has 2 aromatic carbocycles. The Morgan fingerprint density at radius 1 is 1.29 bits per heavy atom. The van der Waals surface area contributed by atoms with E-state index in [1.54, 1.807) is 18.2 Å². The highest BCUT2D eigenvalue weighted by Crippen LogP contribution is 2.28. The van der Waals surface area contributed by atoms with Gasteiger partial charge in [-0.15, -0.1) is 0 Å². The van der Waals surface area contributed by atoms with Gasteiger partial charge in [0.05, 0.1) is 22.9 Å². The number of nitrogens with one attached hydrogen (secondary N) is 1. The van der Waals surface area contributed by atoms with Gasteiger partial charge < -0.3 is 10.4 Å². The summed E-state index contributed by atoms with van der Waals surface area (Å²) in [5, 5.41) is 24.3. The van der Waals surface area contributed by atoms with Gasteiger partial charge >= 0.3 is 0 Å². The van der Waals surface area contributed by atoms with Gasteiger partial charge in [-0.1, -0.05) is 41.4 Å². The van der Waals surface area contributed by atoms with E-state index in [-0.39, 0.29) is 6.54 Å². The van der Waals surface area contributed by atoms with Crippen LogP contribution < -0.4 is 5.32 Å². The Labute approximate surface area is 145 Å². The van der Waals surface area contributed by atoms with Crippen molar-refractivity contribution in [1.29, 1.82) is 5.26 Å². The highest BCUT2D eigenvalue weighted by atomic mass is 35.5. The minimum absolute atomic E-state index is 0.282. The van der Waals surface area contributed by atoms with Crippen molar-refractivity contribution in [3.05, 3.63) is 70.4 Å². The van der Waals surface area contributed by atoms with Crippen LogP contribution in [0.25, 0.3) is 10.9 Å². The van der Waals surface area contributed by atoms with Crippen LogP contribution in [0, 0.1) is 18.3 Å². The smallest absolute Gasteiger partial charge is 0.103 e. The number of nitriles is 1. The van der Waals surface area contributed by atoms with E-state index in [0.29, 0.717) is 16.3 Å². The SMILES string of the molecule is Cc1cccc(C(O)CNc2c(C#N)cnc3ccc(Cl)cc23)c1. The summed E-state index contributed by atoms with van der Waals surface area (Å²) in [5.74, 6) is 0. The van der Waals surface area contributed by atoms with E-state index in [0.717, 1.165) is 22.0 Å². The molecule has 0 radical (unpaired) electrons. The average molecular weight is 338 g/mol. The van der Waals surface area contributed by atoms with Gasteiger partial charge in [0.25, 0.3) is 0 Å². The number of anilines is 1. The molecule has 0 saturated carbocycles. The van der Waals surface area contributed by atoms with Gasteiger partial charge in [0.15, 0.2) is 0 Å². The van der Waals surface area contributed by atoms with E-state index >= 15 is 0 Å². The number of fused-ring (bicyclic) bond motifs is 1. The molecule has 4 nitrogen and oxygen atoms in total. The highest BCUT2D eigenvalue weighted by Gasteiger charge is 2.12. The van der Waals surface area contributed by atoms with Crippen LogP contribution in [0.2, 0.25) is 5.02 Å². The van der Waals surface area contributed by atoms with Crippen molar-refractivity contribution in [3.8, 4) is 6.07 Å². The molecule has 3 aromatic rings. The predicted octanol–water partition coefficient (Wildman–Crippen LogP) is 4.21. The van der Waals surface area contributed by atoms with E-state index in [1.807, 2.05) is 31.2 Å². The molecule has 0 aliphatic carbocycles. The summed E-state index contributed by atoms with van der Waals surface area (Å²) >= 11 is 6.07. The lowest BCUT2D eigenvalue weighted by atomic mass is 10.1. The van der Waals surface area contributed by atoms with Crippen LogP contribution in [-0.2, 0) is 0 Å². The number of aliphatic hydroxyl groups excluding tert-OH is 1. The lowest BCUT2D eigenvalue weighted by Crippen LogP contribution is -2.13. The second kappa shape index (κ2) is 6.88. The van der Waals surface area contributed by atoms with Crippen LogP contribution in [0.5, 0.6) is 0 Å². The molecule has 0 fully saturated rings. The third-order valence-corrected chi connectivity index (χ3v) is 4.08. The fourth-order valence-electron chi connectivity index (χ4n) is 2.63. The lowest BCUT2D eigenvalue weighted by Gasteiger charge is -2.16. The Balaban J connectivity index is 1.92. The number of benzene rings is 2. The van der Waals surface area contributed by atoms with Crippen molar-refractivity contribution in [2.45, 2.75) is 13.0 Å². The molecule has 120 valence electrons. The monoisotopic (exact) mass is 337 g/mol. The summed E-state index contributed by atoms with van der Waals surface area (Å²) in [6.07, 6.45) is 0.844. The van der Waals surface area contributed by atoms with Crippen molar-refractivity contribution < 1.29 is 5.11 Å². The van der Waals surface area contributed by atoms with E-state index in [1.165, 1.54) is 6.20 Å². The largest absolute Gasteiger partial charge is 0.387 e. The van der Waals surface area contributed by atoms with Gasteiger partial charge in [0.2, 0.25) is 0 Å². The number of pyridine rings is 1. The zero-order valence-electron chi connectivity index (χ0n) is 13.1. The van der Waals surface area contributed by atoms with Crippen LogP contribution in [0.1, 0.15) is 22.8 Å². The number of hydrogen-bond donors (Lipinski definition) is 2. The van der Waals surface area contributed by atoms with Gasteiger partial charge in [-0.2, -0.15) is 5.26 Å². The fraction of sp³-hybridized carbons (Fsp3) is 0.158. The second-order valence-electron chi connectivity index (χ2n) is 5.63. The minimum Gasteiger partial charge on any atom is -0.387 e. The van der Waals surface area contributed by atoms with Crippen LogP contribution in [0.15, 0.2) is 48.7 Å². The summed E-state index contributed by atoms with van der Waals surface area (Å²) in [7, 11) is 0. The first kappa shape index (κ1) is 16.3. The summed E-state index contributed by atoms with van der Waals surface area (Å²) in [5.41, 5.74) is 3.71. The number of nitrogens with zero attached hydrogens (tertiary/aromatic N) is 2. The number of aromatic nitrogens is 1. The first-order chi connectivity index (χ1) is 11.6. The summed E-state index contributed by atoms with van der Waals surface area (Å²) < 4.78 is 0. The third-order valence-electron chi connectivity index (χ3n) is 3.85. The number of aryl methyl sites for hydroxylation is 1. The lowest BCUT2D eigenvalue weighted by molar-refractivity contribution is 0.191. The van der Waals surface area contributed by atoms with Gasteiger partial charge in [0.1, 0.15) is 6.07 Å². The number of aliphatic hydroxyl groups is 1. The normalized spacial score (nSPS) is 11.9. The van der Waals surface area contributed by atoms with Crippen molar-refractivity contribution in [3.63, 3.8) is 0 Å². The fourth-order valence-corrected chi connectivity index (χ4v) is 2.81. The molecule has 0 saturated heterocycles. The second-order valence-corrected chi connectivity index (χ2v) is 6.07. The summed E-state index contributed by atoms with van der Waals surface area (Å²) in [6.45, 7) is 2.26. The topological polar surface area (TPSA) is 68.9 Å². The summed E-state index contributed by atoms with van der Waals surface area (Å²) in [6, 6.07) is 15.2. The van der Waals surface area contributed by atoms with Crippen LogP contribution in [0.3, 0.4) is 0 Å². The number of rotatable bonds is 4. The third kappa shape index (κ3) is 3.33. The number of halogens is 1. The van der Waals surface area contributed by atoms with Gasteiger partial charge in [-0.05, 0) is 30.7 Å². The molecular weight excluding hydrogens is 322 g/mol. The van der Waals surface area contributed by atoms with E-state index in [4.69, 9.17) is 11.6 Å². The molecule has 1 heterocycles. The molecule has 1 unspecified atom stereocenters. The average Bonchev–Trinajstić information content (AvgIpc) is 2.59. The Morgan fingerprint density at radius 2 is 2.12 bits per heavy atom. The molecular formula is C19H16ClN3O. The molecule has 1 aromatic heterocycles. The van der Waals surface area contributed by atoms with Gasteiger partial charge in [0, 0.05) is 23.2 Å². The van der Waals surface area contributed by atoms with E-state index in [9.17, 15) is 10.4 Å².